The van der Waals surface area contributed by atoms with Crippen molar-refractivity contribution in [3.05, 3.63) is 33.8 Å². The minimum absolute atomic E-state index is 0.212. The van der Waals surface area contributed by atoms with Gasteiger partial charge in [0, 0.05) is 0 Å². The summed E-state index contributed by atoms with van der Waals surface area (Å²) in [6, 6.07) is 5.13. The molecule has 5 heteroatoms. The summed E-state index contributed by atoms with van der Waals surface area (Å²) in [6.45, 7) is 0. The molecule has 0 radical (unpaired) electrons. The van der Waals surface area contributed by atoms with Crippen LogP contribution in [0.4, 0.5) is 4.39 Å². The molecule has 0 aromatic heterocycles. The van der Waals surface area contributed by atoms with Gasteiger partial charge < -0.3 is 4.74 Å². The number of hydrogen-bond acceptors (Lipinski definition) is 2. The van der Waals surface area contributed by atoms with Gasteiger partial charge in [0.05, 0.1) is 23.1 Å². The van der Waals surface area contributed by atoms with E-state index < -0.39 is 12.1 Å². The largest absolute Gasteiger partial charge is 0.469 e. The molecule has 0 heterocycles. The second-order valence-electron chi connectivity index (χ2n) is 5.26. The van der Waals surface area contributed by atoms with E-state index in [1.165, 1.54) is 7.11 Å². The van der Waals surface area contributed by atoms with Gasteiger partial charge in [0.1, 0.15) is 6.17 Å². The molecule has 0 bridgehead atoms. The first kappa shape index (κ1) is 15.6. The molecule has 110 valence electrons. The molecular formula is C15H17Cl2FO2. The van der Waals surface area contributed by atoms with E-state index in [1.807, 2.05) is 0 Å². The number of methoxy groups -OCH3 is 1. The Morgan fingerprint density at radius 1 is 1.40 bits per heavy atom. The van der Waals surface area contributed by atoms with Gasteiger partial charge in [-0.3, -0.25) is 4.79 Å². The standard InChI is InChI=1S/C15H17Cl2FO2/c1-20-15(19)12(7-9-2-4-11(18)6-9)10-3-5-13(16)14(17)8-10/h3,5,8-9,11-12H,2,4,6-7H2,1H3. The molecule has 3 atom stereocenters. The Kier molecular flexibility index (Phi) is 5.28. The first-order valence-electron chi connectivity index (χ1n) is 6.68. The van der Waals surface area contributed by atoms with Crippen LogP contribution in [0.25, 0.3) is 0 Å². The predicted octanol–water partition coefficient (Wildman–Crippen LogP) is 4.78. The minimum Gasteiger partial charge on any atom is -0.469 e. The van der Waals surface area contributed by atoms with Crippen molar-refractivity contribution in [3.8, 4) is 0 Å². The van der Waals surface area contributed by atoms with Gasteiger partial charge >= 0.3 is 5.97 Å². The van der Waals surface area contributed by atoms with E-state index in [9.17, 15) is 9.18 Å². The van der Waals surface area contributed by atoms with E-state index in [-0.39, 0.29) is 11.9 Å². The average molecular weight is 319 g/mol. The lowest BCUT2D eigenvalue weighted by Crippen LogP contribution is -2.17. The van der Waals surface area contributed by atoms with Crippen molar-refractivity contribution < 1.29 is 13.9 Å². The SMILES string of the molecule is COC(=O)C(CC1CCC(F)C1)c1ccc(Cl)c(Cl)c1. The third-order valence-corrected chi connectivity index (χ3v) is 4.62. The van der Waals surface area contributed by atoms with E-state index in [4.69, 9.17) is 27.9 Å². The minimum atomic E-state index is -0.743. The lowest BCUT2D eigenvalue weighted by atomic mass is 9.88. The number of hydrogen-bond donors (Lipinski definition) is 0. The van der Waals surface area contributed by atoms with Crippen LogP contribution in [-0.2, 0) is 9.53 Å². The first-order chi connectivity index (χ1) is 9.51. The van der Waals surface area contributed by atoms with E-state index in [1.54, 1.807) is 18.2 Å². The average Bonchev–Trinajstić information content (AvgIpc) is 2.84. The zero-order valence-electron chi connectivity index (χ0n) is 11.2. The molecule has 0 aliphatic heterocycles. The maximum Gasteiger partial charge on any atom is 0.313 e. The number of ether oxygens (including phenoxy) is 1. The van der Waals surface area contributed by atoms with Crippen molar-refractivity contribution >= 4 is 29.2 Å². The fourth-order valence-corrected chi connectivity index (χ4v) is 3.11. The molecule has 2 nitrogen and oxygen atoms in total. The molecule has 1 saturated carbocycles. The second kappa shape index (κ2) is 6.77. The van der Waals surface area contributed by atoms with Crippen molar-refractivity contribution in [2.24, 2.45) is 5.92 Å². The zero-order chi connectivity index (χ0) is 14.7. The van der Waals surface area contributed by atoms with Crippen LogP contribution >= 0.6 is 23.2 Å². The number of carbonyl (C=O) groups excluding carboxylic acids is 1. The topological polar surface area (TPSA) is 26.3 Å². The van der Waals surface area contributed by atoms with Gasteiger partial charge in [0.25, 0.3) is 0 Å². The molecule has 0 amide bonds. The molecule has 0 spiro atoms. The Bertz CT molecular complexity index is 493. The first-order valence-corrected chi connectivity index (χ1v) is 7.43. The second-order valence-corrected chi connectivity index (χ2v) is 6.08. The van der Waals surface area contributed by atoms with Crippen molar-refractivity contribution in [2.45, 2.75) is 37.8 Å². The summed E-state index contributed by atoms with van der Waals surface area (Å²) in [4.78, 5) is 12.0. The number of halogens is 3. The summed E-state index contributed by atoms with van der Waals surface area (Å²) in [7, 11) is 1.36. The molecule has 0 N–H and O–H groups in total. The van der Waals surface area contributed by atoms with Gasteiger partial charge in [-0.2, -0.15) is 0 Å². The van der Waals surface area contributed by atoms with Crippen LogP contribution in [0, 0.1) is 5.92 Å². The predicted molar refractivity (Wildman–Crippen MR) is 78.1 cm³/mol. The molecule has 1 aromatic carbocycles. The van der Waals surface area contributed by atoms with Crippen LogP contribution in [-0.4, -0.2) is 19.3 Å². The highest BCUT2D eigenvalue weighted by Crippen LogP contribution is 2.37. The summed E-state index contributed by atoms with van der Waals surface area (Å²) in [6.07, 6.45) is 1.77. The van der Waals surface area contributed by atoms with Crippen LogP contribution in [0.15, 0.2) is 18.2 Å². The normalized spacial score (nSPS) is 23.6. The summed E-state index contributed by atoms with van der Waals surface area (Å²) in [5.74, 6) is -0.515. The van der Waals surface area contributed by atoms with Crippen LogP contribution in [0.2, 0.25) is 10.0 Å². The highest BCUT2D eigenvalue weighted by atomic mass is 35.5. The molecule has 1 aromatic rings. The van der Waals surface area contributed by atoms with Crippen molar-refractivity contribution in [3.63, 3.8) is 0 Å². The van der Waals surface area contributed by atoms with Crippen molar-refractivity contribution in [2.75, 3.05) is 7.11 Å². The van der Waals surface area contributed by atoms with E-state index in [0.717, 1.165) is 12.0 Å². The number of rotatable bonds is 4. The fraction of sp³-hybridized carbons (Fsp3) is 0.533. The number of esters is 1. The number of carbonyl (C=O) groups is 1. The zero-order valence-corrected chi connectivity index (χ0v) is 12.8. The Morgan fingerprint density at radius 3 is 2.70 bits per heavy atom. The van der Waals surface area contributed by atoms with Gasteiger partial charge in [-0.05, 0) is 49.3 Å². The maximum atomic E-state index is 13.3. The van der Waals surface area contributed by atoms with Crippen LogP contribution in [0.5, 0.6) is 0 Å². The summed E-state index contributed by atoms with van der Waals surface area (Å²) >= 11 is 11.9. The Labute approximate surface area is 128 Å². The Morgan fingerprint density at radius 2 is 2.15 bits per heavy atom. The fourth-order valence-electron chi connectivity index (χ4n) is 2.80. The van der Waals surface area contributed by atoms with Crippen LogP contribution in [0.1, 0.15) is 37.2 Å². The smallest absolute Gasteiger partial charge is 0.313 e. The van der Waals surface area contributed by atoms with Crippen LogP contribution < -0.4 is 0 Å². The number of benzene rings is 1. The van der Waals surface area contributed by atoms with Crippen LogP contribution in [0.3, 0.4) is 0 Å². The molecule has 3 unspecified atom stereocenters. The molecule has 2 rings (SSSR count). The Balaban J connectivity index is 2.18. The van der Waals surface area contributed by atoms with Gasteiger partial charge in [0.2, 0.25) is 0 Å². The van der Waals surface area contributed by atoms with E-state index >= 15 is 0 Å². The highest BCUT2D eigenvalue weighted by Gasteiger charge is 2.31. The lowest BCUT2D eigenvalue weighted by molar-refractivity contribution is -0.142. The molecular weight excluding hydrogens is 302 g/mol. The quantitative estimate of drug-likeness (QED) is 0.747. The van der Waals surface area contributed by atoms with E-state index in [0.29, 0.717) is 29.3 Å². The van der Waals surface area contributed by atoms with Gasteiger partial charge in [0.15, 0.2) is 0 Å². The van der Waals surface area contributed by atoms with E-state index in [2.05, 4.69) is 0 Å². The third-order valence-electron chi connectivity index (χ3n) is 3.88. The molecule has 1 aliphatic carbocycles. The summed E-state index contributed by atoms with van der Waals surface area (Å²) in [5, 5.41) is 0.858. The highest BCUT2D eigenvalue weighted by molar-refractivity contribution is 6.42. The summed E-state index contributed by atoms with van der Waals surface area (Å²) in [5.41, 5.74) is 0.772. The van der Waals surface area contributed by atoms with Crippen molar-refractivity contribution in [1.82, 2.24) is 0 Å². The van der Waals surface area contributed by atoms with Gasteiger partial charge in [-0.25, -0.2) is 4.39 Å². The maximum absolute atomic E-state index is 13.3. The molecule has 1 aliphatic rings. The monoisotopic (exact) mass is 318 g/mol. The molecule has 1 fully saturated rings. The summed E-state index contributed by atoms with van der Waals surface area (Å²) < 4.78 is 18.1. The van der Waals surface area contributed by atoms with Crippen molar-refractivity contribution in [1.29, 1.82) is 0 Å². The third kappa shape index (κ3) is 3.64. The number of alkyl halides is 1. The lowest BCUT2D eigenvalue weighted by Gasteiger charge is -2.19. The Hall–Kier alpha value is -0.800. The molecule has 0 saturated heterocycles. The van der Waals surface area contributed by atoms with Gasteiger partial charge in [-0.1, -0.05) is 29.3 Å². The van der Waals surface area contributed by atoms with Gasteiger partial charge in [-0.15, -0.1) is 0 Å². The molecule has 20 heavy (non-hydrogen) atoms.